The Morgan fingerprint density at radius 3 is 2.74 bits per heavy atom. The average Bonchev–Trinajstić information content (AvgIpc) is 3.08. The number of nitrogens with zero attached hydrogens (tertiary/aromatic N) is 3. The number of para-hydroxylation sites is 1. The molecule has 96 valence electrons. The quantitative estimate of drug-likeness (QED) is 0.752. The average molecular weight is 253 g/mol. The smallest absolute Gasteiger partial charge is 0.145 e. The van der Waals surface area contributed by atoms with Crippen LogP contribution in [0.1, 0.15) is 24.1 Å². The Kier molecular flexibility index (Phi) is 2.79. The van der Waals surface area contributed by atoms with Crippen molar-refractivity contribution in [3.05, 3.63) is 60.0 Å². The Morgan fingerprint density at radius 1 is 1.26 bits per heavy atom. The lowest BCUT2D eigenvalue weighted by atomic mass is 10.0. The first-order valence-electron chi connectivity index (χ1n) is 6.15. The summed E-state index contributed by atoms with van der Waals surface area (Å²) in [5.74, 6) is 0.694. The molecule has 0 amide bonds. The molecule has 1 atom stereocenters. The molecule has 1 unspecified atom stereocenters. The van der Waals surface area contributed by atoms with Gasteiger partial charge in [0.15, 0.2) is 0 Å². The van der Waals surface area contributed by atoms with E-state index in [0.29, 0.717) is 5.82 Å². The zero-order valence-electron chi connectivity index (χ0n) is 10.6. The van der Waals surface area contributed by atoms with Gasteiger partial charge in [-0.1, -0.05) is 25.1 Å². The molecule has 0 aliphatic rings. The second-order valence-corrected chi connectivity index (χ2v) is 4.52. The van der Waals surface area contributed by atoms with E-state index in [1.807, 2.05) is 53.5 Å². The molecule has 0 saturated heterocycles. The number of H-pyrrole nitrogens is 1. The third-order valence-electron chi connectivity index (χ3n) is 3.21. The van der Waals surface area contributed by atoms with Crippen LogP contribution in [0.5, 0.6) is 0 Å². The third-order valence-corrected chi connectivity index (χ3v) is 3.21. The van der Waals surface area contributed by atoms with Crippen LogP contribution < -0.4 is 5.73 Å². The highest BCUT2D eigenvalue weighted by molar-refractivity contribution is 5.36. The Labute approximate surface area is 111 Å². The lowest BCUT2D eigenvalue weighted by Gasteiger charge is -2.05. The first kappa shape index (κ1) is 11.5. The molecule has 2 aromatic heterocycles. The van der Waals surface area contributed by atoms with Crippen LogP contribution in [0, 0.1) is 0 Å². The largest absolute Gasteiger partial charge is 0.382 e. The van der Waals surface area contributed by atoms with E-state index in [1.54, 1.807) is 0 Å². The van der Waals surface area contributed by atoms with E-state index in [-0.39, 0.29) is 5.92 Å². The van der Waals surface area contributed by atoms with E-state index in [1.165, 1.54) is 0 Å². The second-order valence-electron chi connectivity index (χ2n) is 4.52. The van der Waals surface area contributed by atoms with Gasteiger partial charge in [0, 0.05) is 23.9 Å². The maximum Gasteiger partial charge on any atom is 0.145 e. The van der Waals surface area contributed by atoms with Crippen molar-refractivity contribution in [2.24, 2.45) is 0 Å². The van der Waals surface area contributed by atoms with E-state index in [9.17, 15) is 0 Å². The van der Waals surface area contributed by atoms with E-state index in [0.717, 1.165) is 16.9 Å². The number of anilines is 1. The summed E-state index contributed by atoms with van der Waals surface area (Å²) in [6.45, 7) is 2.10. The lowest BCUT2D eigenvalue weighted by Crippen LogP contribution is -1.96. The highest BCUT2D eigenvalue weighted by Gasteiger charge is 2.13. The molecule has 1 aromatic carbocycles. The number of hydrogen-bond acceptors (Lipinski definition) is 3. The molecular weight excluding hydrogens is 238 g/mol. The van der Waals surface area contributed by atoms with Crippen LogP contribution in [-0.2, 0) is 0 Å². The monoisotopic (exact) mass is 253 g/mol. The van der Waals surface area contributed by atoms with Crippen LogP contribution in [0.25, 0.3) is 5.69 Å². The Hall–Kier alpha value is -2.56. The second kappa shape index (κ2) is 4.61. The number of nitrogen functional groups attached to an aromatic ring is 1. The number of hydrogen-bond donors (Lipinski definition) is 2. The molecular formula is C14H15N5. The van der Waals surface area contributed by atoms with Crippen LogP contribution in [-0.4, -0.2) is 20.0 Å². The molecule has 3 rings (SSSR count). The van der Waals surface area contributed by atoms with Crippen molar-refractivity contribution in [1.29, 1.82) is 0 Å². The van der Waals surface area contributed by atoms with Crippen molar-refractivity contribution in [3.63, 3.8) is 0 Å². The molecule has 0 bridgehead atoms. The minimum atomic E-state index is 0.183. The van der Waals surface area contributed by atoms with Gasteiger partial charge < -0.3 is 5.73 Å². The van der Waals surface area contributed by atoms with Gasteiger partial charge in [-0.15, -0.1) is 0 Å². The summed E-state index contributed by atoms with van der Waals surface area (Å²) < 4.78 is 1.87. The molecule has 0 saturated carbocycles. The van der Waals surface area contributed by atoms with Crippen molar-refractivity contribution in [1.82, 2.24) is 20.0 Å². The zero-order valence-corrected chi connectivity index (χ0v) is 10.6. The fraction of sp³-hybridized carbons (Fsp3) is 0.143. The van der Waals surface area contributed by atoms with Crippen LogP contribution in [0.2, 0.25) is 0 Å². The molecule has 0 spiro atoms. The number of nitrogens with one attached hydrogen (secondary N) is 1. The zero-order chi connectivity index (χ0) is 13.2. The Balaban J connectivity index is 1.89. The predicted octanol–water partition coefficient (Wildman–Crippen LogP) is 2.33. The van der Waals surface area contributed by atoms with Gasteiger partial charge in [-0.2, -0.15) is 10.2 Å². The maximum atomic E-state index is 5.63. The molecule has 3 aromatic rings. The summed E-state index contributed by atoms with van der Waals surface area (Å²) in [6, 6.07) is 11.9. The fourth-order valence-electron chi connectivity index (χ4n) is 2.04. The molecule has 5 nitrogen and oxygen atoms in total. The molecule has 0 aliphatic carbocycles. The summed E-state index contributed by atoms with van der Waals surface area (Å²) in [6.07, 6.45) is 3.89. The van der Waals surface area contributed by atoms with Gasteiger partial charge in [-0.3, -0.25) is 5.10 Å². The van der Waals surface area contributed by atoms with Crippen molar-refractivity contribution < 1.29 is 0 Å². The predicted molar refractivity (Wildman–Crippen MR) is 74.1 cm³/mol. The van der Waals surface area contributed by atoms with Gasteiger partial charge in [0.1, 0.15) is 5.82 Å². The van der Waals surface area contributed by atoms with E-state index in [4.69, 9.17) is 5.73 Å². The highest BCUT2D eigenvalue weighted by Crippen LogP contribution is 2.23. The minimum absolute atomic E-state index is 0.183. The number of benzene rings is 1. The molecule has 0 aliphatic heterocycles. The van der Waals surface area contributed by atoms with Crippen molar-refractivity contribution in [2.45, 2.75) is 12.8 Å². The molecule has 3 N–H and O–H groups in total. The van der Waals surface area contributed by atoms with E-state index in [2.05, 4.69) is 22.2 Å². The van der Waals surface area contributed by atoms with Crippen LogP contribution in [0.4, 0.5) is 5.82 Å². The van der Waals surface area contributed by atoms with E-state index >= 15 is 0 Å². The van der Waals surface area contributed by atoms with Crippen molar-refractivity contribution >= 4 is 5.82 Å². The summed E-state index contributed by atoms with van der Waals surface area (Å²) in [7, 11) is 0. The first-order chi connectivity index (χ1) is 9.24. The number of aromatic amines is 1. The van der Waals surface area contributed by atoms with Crippen LogP contribution in [0.15, 0.2) is 48.8 Å². The van der Waals surface area contributed by atoms with Crippen molar-refractivity contribution in [3.8, 4) is 5.69 Å². The number of nitrogens with two attached hydrogens (primary N) is 1. The minimum Gasteiger partial charge on any atom is -0.382 e. The summed E-state index contributed by atoms with van der Waals surface area (Å²) in [5.41, 5.74) is 8.78. The maximum absolute atomic E-state index is 5.63. The van der Waals surface area contributed by atoms with Gasteiger partial charge in [-0.25, -0.2) is 4.68 Å². The van der Waals surface area contributed by atoms with Gasteiger partial charge in [0.25, 0.3) is 0 Å². The van der Waals surface area contributed by atoms with Gasteiger partial charge in [-0.05, 0) is 17.7 Å². The Morgan fingerprint density at radius 2 is 2.05 bits per heavy atom. The lowest BCUT2D eigenvalue weighted by molar-refractivity contribution is 0.850. The van der Waals surface area contributed by atoms with Crippen molar-refractivity contribution in [2.75, 3.05) is 5.73 Å². The number of rotatable bonds is 3. The van der Waals surface area contributed by atoms with E-state index < -0.39 is 0 Å². The molecule has 19 heavy (non-hydrogen) atoms. The first-order valence-corrected chi connectivity index (χ1v) is 6.15. The SMILES string of the molecule is CC(c1cnn(-c2ccccc2)c1)c1cc(N)n[nH]1. The standard InChI is InChI=1S/C14H15N5/c1-10(13-7-14(15)18-17-13)11-8-16-19(9-11)12-5-3-2-4-6-12/h2-10H,1H3,(H3,15,17,18). The fourth-order valence-corrected chi connectivity index (χ4v) is 2.04. The highest BCUT2D eigenvalue weighted by atomic mass is 15.3. The van der Waals surface area contributed by atoms with Gasteiger partial charge in [0.2, 0.25) is 0 Å². The van der Waals surface area contributed by atoms with Crippen LogP contribution >= 0.6 is 0 Å². The molecule has 0 fully saturated rings. The molecule has 0 radical (unpaired) electrons. The van der Waals surface area contributed by atoms with Crippen LogP contribution in [0.3, 0.4) is 0 Å². The Bertz CT molecular complexity index is 668. The summed E-state index contributed by atoms with van der Waals surface area (Å²) in [4.78, 5) is 0. The summed E-state index contributed by atoms with van der Waals surface area (Å²) >= 11 is 0. The topological polar surface area (TPSA) is 72.5 Å². The third kappa shape index (κ3) is 2.22. The summed E-state index contributed by atoms with van der Waals surface area (Å²) in [5, 5.41) is 11.3. The van der Waals surface area contributed by atoms with Gasteiger partial charge >= 0.3 is 0 Å². The number of aromatic nitrogens is 4. The molecule has 2 heterocycles. The molecule has 5 heteroatoms. The van der Waals surface area contributed by atoms with Gasteiger partial charge in [0.05, 0.1) is 11.9 Å². The normalized spacial score (nSPS) is 12.5.